The van der Waals surface area contributed by atoms with E-state index >= 15 is 0 Å². The Morgan fingerprint density at radius 3 is 2.42 bits per heavy atom. The van der Waals surface area contributed by atoms with E-state index in [0.717, 1.165) is 19.3 Å². The van der Waals surface area contributed by atoms with Gasteiger partial charge in [-0.05, 0) is 38.4 Å². The van der Waals surface area contributed by atoms with E-state index in [1.54, 1.807) is 0 Å². The van der Waals surface area contributed by atoms with Gasteiger partial charge in [-0.2, -0.15) is 0 Å². The van der Waals surface area contributed by atoms with Gasteiger partial charge in [0, 0.05) is 0 Å². The largest absolute Gasteiger partial charge is 0.465 e. The summed E-state index contributed by atoms with van der Waals surface area (Å²) >= 11 is 0. The van der Waals surface area contributed by atoms with Gasteiger partial charge in [0.1, 0.15) is 5.85 Å². The molecule has 0 aromatic carbocycles. The summed E-state index contributed by atoms with van der Waals surface area (Å²) in [5.41, 5.74) is 0. The summed E-state index contributed by atoms with van der Waals surface area (Å²) < 4.78 is 24.3. The van der Waals surface area contributed by atoms with E-state index in [-0.39, 0.29) is 0 Å². The SMILES string of the molecule is CCCO[PH](=O)C(O[Si](C)(C)C)[C@H](CC1CCCCC1)NC(=O)O. The maximum atomic E-state index is 12.7. The van der Waals surface area contributed by atoms with Gasteiger partial charge < -0.3 is 19.4 Å². The van der Waals surface area contributed by atoms with Gasteiger partial charge in [0.15, 0.2) is 8.32 Å². The molecule has 142 valence electrons. The molecule has 0 heterocycles. The maximum Gasteiger partial charge on any atom is 0.404 e. The molecule has 0 spiro atoms. The van der Waals surface area contributed by atoms with Crippen LogP contribution in [0.15, 0.2) is 0 Å². The topological polar surface area (TPSA) is 84.9 Å². The van der Waals surface area contributed by atoms with Crippen LogP contribution in [0.3, 0.4) is 0 Å². The molecule has 2 unspecified atom stereocenters. The standard InChI is InChI=1S/C16H34NO5PSi/c1-5-11-21-23(20)15(22-24(2,3)4)14(17-16(18)19)12-13-9-7-6-8-10-13/h13-15,17,23H,5-12H2,1-4H3,(H,18,19)/t14-,15?/m0/s1. The van der Waals surface area contributed by atoms with Crippen molar-refractivity contribution in [3.63, 3.8) is 0 Å². The maximum absolute atomic E-state index is 12.7. The van der Waals surface area contributed by atoms with Crippen molar-refractivity contribution in [3.05, 3.63) is 0 Å². The van der Waals surface area contributed by atoms with Crippen LogP contribution in [0.25, 0.3) is 0 Å². The van der Waals surface area contributed by atoms with Gasteiger partial charge >= 0.3 is 6.09 Å². The Bertz CT molecular complexity index is 410. The highest BCUT2D eigenvalue weighted by Crippen LogP contribution is 2.38. The van der Waals surface area contributed by atoms with Crippen molar-refractivity contribution >= 4 is 22.4 Å². The highest BCUT2D eigenvalue weighted by molar-refractivity contribution is 7.40. The molecule has 24 heavy (non-hydrogen) atoms. The Balaban J connectivity index is 2.89. The molecule has 1 saturated carbocycles. The minimum Gasteiger partial charge on any atom is -0.465 e. The van der Waals surface area contributed by atoms with Crippen molar-refractivity contribution in [2.75, 3.05) is 6.61 Å². The lowest BCUT2D eigenvalue weighted by atomic mass is 9.85. The summed E-state index contributed by atoms with van der Waals surface area (Å²) in [4.78, 5) is 11.3. The molecule has 1 aliphatic rings. The quantitative estimate of drug-likeness (QED) is 0.425. The first-order chi connectivity index (χ1) is 11.2. The average molecular weight is 380 g/mol. The van der Waals surface area contributed by atoms with Gasteiger partial charge in [-0.3, -0.25) is 4.57 Å². The lowest BCUT2D eigenvalue weighted by molar-refractivity contribution is 0.148. The molecule has 1 rings (SSSR count). The first kappa shape index (κ1) is 21.7. The monoisotopic (exact) mass is 379 g/mol. The highest BCUT2D eigenvalue weighted by Gasteiger charge is 2.35. The summed E-state index contributed by atoms with van der Waals surface area (Å²) in [6.45, 7) is 8.43. The summed E-state index contributed by atoms with van der Waals surface area (Å²) in [6, 6.07) is -0.472. The summed E-state index contributed by atoms with van der Waals surface area (Å²) in [5, 5.41) is 11.8. The fourth-order valence-corrected chi connectivity index (χ4v) is 6.65. The van der Waals surface area contributed by atoms with Gasteiger partial charge in [-0.1, -0.05) is 39.0 Å². The molecule has 0 bridgehead atoms. The third-order valence-electron chi connectivity index (χ3n) is 4.15. The van der Waals surface area contributed by atoms with Crippen LogP contribution in [0.5, 0.6) is 0 Å². The van der Waals surface area contributed by atoms with Gasteiger partial charge in [0.2, 0.25) is 8.03 Å². The zero-order valence-electron chi connectivity index (χ0n) is 15.5. The Hall–Kier alpha value is -0.363. The molecule has 6 nitrogen and oxygen atoms in total. The predicted molar refractivity (Wildman–Crippen MR) is 99.6 cm³/mol. The average Bonchev–Trinajstić information content (AvgIpc) is 2.49. The van der Waals surface area contributed by atoms with E-state index in [9.17, 15) is 14.5 Å². The van der Waals surface area contributed by atoms with E-state index in [4.69, 9.17) is 8.95 Å². The smallest absolute Gasteiger partial charge is 0.404 e. The molecule has 0 radical (unpaired) electrons. The van der Waals surface area contributed by atoms with Gasteiger partial charge in [0.25, 0.3) is 0 Å². The molecule has 0 aromatic rings. The fourth-order valence-electron chi connectivity index (χ4n) is 3.16. The number of amides is 1. The Morgan fingerprint density at radius 1 is 1.29 bits per heavy atom. The molecular formula is C16H34NO5PSi. The van der Waals surface area contributed by atoms with Crippen molar-refractivity contribution < 1.29 is 23.4 Å². The minimum absolute atomic E-state index is 0.409. The van der Waals surface area contributed by atoms with E-state index in [1.807, 2.05) is 26.6 Å². The molecule has 2 N–H and O–H groups in total. The van der Waals surface area contributed by atoms with Crippen LogP contribution in [-0.4, -0.2) is 38.0 Å². The zero-order valence-corrected chi connectivity index (χ0v) is 17.5. The highest BCUT2D eigenvalue weighted by atomic mass is 31.1. The molecule has 0 aliphatic heterocycles. The van der Waals surface area contributed by atoms with Crippen molar-refractivity contribution in [2.45, 2.75) is 83.4 Å². The number of carbonyl (C=O) groups is 1. The van der Waals surface area contributed by atoms with E-state index in [0.29, 0.717) is 18.9 Å². The van der Waals surface area contributed by atoms with E-state index < -0.39 is 34.3 Å². The zero-order chi connectivity index (χ0) is 18.2. The van der Waals surface area contributed by atoms with Crippen LogP contribution < -0.4 is 5.32 Å². The Labute approximate surface area is 147 Å². The number of nitrogens with one attached hydrogen (secondary N) is 1. The second kappa shape index (κ2) is 10.6. The predicted octanol–water partition coefficient (Wildman–Crippen LogP) is 4.67. The van der Waals surface area contributed by atoms with E-state index in [2.05, 4.69) is 5.32 Å². The second-order valence-electron chi connectivity index (χ2n) is 7.61. The van der Waals surface area contributed by atoms with Crippen molar-refractivity contribution in [3.8, 4) is 0 Å². The van der Waals surface area contributed by atoms with Crippen LogP contribution in [0.2, 0.25) is 19.6 Å². The third kappa shape index (κ3) is 8.65. The normalized spacial score (nSPS) is 20.3. The van der Waals surface area contributed by atoms with Gasteiger partial charge in [-0.15, -0.1) is 0 Å². The number of hydrogen-bond donors (Lipinski definition) is 2. The van der Waals surface area contributed by atoms with Crippen molar-refractivity contribution in [2.24, 2.45) is 5.92 Å². The summed E-state index contributed by atoms with van der Waals surface area (Å²) in [5.74, 6) is -0.212. The van der Waals surface area contributed by atoms with Gasteiger partial charge in [-0.25, -0.2) is 4.79 Å². The van der Waals surface area contributed by atoms with Crippen LogP contribution in [-0.2, 0) is 13.5 Å². The summed E-state index contributed by atoms with van der Waals surface area (Å²) in [7, 11) is -4.47. The van der Waals surface area contributed by atoms with E-state index in [1.165, 1.54) is 19.3 Å². The first-order valence-electron chi connectivity index (χ1n) is 9.07. The Kier molecular flexibility index (Phi) is 9.56. The van der Waals surface area contributed by atoms with Crippen LogP contribution in [0, 0.1) is 5.92 Å². The minimum atomic E-state index is -2.48. The lowest BCUT2D eigenvalue weighted by Crippen LogP contribution is -2.47. The molecule has 1 amide bonds. The molecule has 0 aromatic heterocycles. The van der Waals surface area contributed by atoms with Crippen LogP contribution in [0.4, 0.5) is 4.79 Å². The summed E-state index contributed by atoms with van der Waals surface area (Å²) in [6.07, 6.45) is 6.19. The molecule has 3 atom stereocenters. The lowest BCUT2D eigenvalue weighted by Gasteiger charge is -2.34. The number of hydrogen-bond acceptors (Lipinski definition) is 4. The fraction of sp³-hybridized carbons (Fsp3) is 0.938. The van der Waals surface area contributed by atoms with Crippen molar-refractivity contribution in [1.82, 2.24) is 5.32 Å². The molecular weight excluding hydrogens is 345 g/mol. The molecule has 0 saturated heterocycles. The second-order valence-corrected chi connectivity index (χ2v) is 13.6. The van der Waals surface area contributed by atoms with Crippen LogP contribution >= 0.6 is 8.03 Å². The van der Waals surface area contributed by atoms with Crippen LogP contribution in [0.1, 0.15) is 51.9 Å². The van der Waals surface area contributed by atoms with Crippen molar-refractivity contribution in [1.29, 1.82) is 0 Å². The molecule has 1 fully saturated rings. The number of rotatable bonds is 10. The molecule has 1 aliphatic carbocycles. The Morgan fingerprint density at radius 2 is 1.92 bits per heavy atom. The number of carboxylic acid groups (broad SMARTS) is 1. The first-order valence-corrected chi connectivity index (χ1v) is 13.9. The third-order valence-corrected chi connectivity index (χ3v) is 6.82. The molecule has 8 heteroatoms. The van der Waals surface area contributed by atoms with Gasteiger partial charge in [0.05, 0.1) is 12.6 Å².